The van der Waals surface area contributed by atoms with Crippen LogP contribution in [0.1, 0.15) is 15.9 Å². The lowest BCUT2D eigenvalue weighted by Gasteiger charge is -2.26. The van der Waals surface area contributed by atoms with Crippen LogP contribution >= 0.6 is 11.6 Å². The van der Waals surface area contributed by atoms with Crippen molar-refractivity contribution in [3.8, 4) is 0 Å². The number of ether oxygens (including phenoxy) is 1. The molecule has 1 saturated heterocycles. The van der Waals surface area contributed by atoms with E-state index in [4.69, 9.17) is 16.3 Å². The van der Waals surface area contributed by atoms with Crippen molar-refractivity contribution in [1.29, 1.82) is 0 Å². The summed E-state index contributed by atoms with van der Waals surface area (Å²) in [5, 5.41) is 2.66. The van der Waals surface area contributed by atoms with Gasteiger partial charge in [0.05, 0.1) is 28.8 Å². The number of hydrogen-bond acceptors (Lipinski definition) is 6. The lowest BCUT2D eigenvalue weighted by atomic mass is 10.2. The Balaban J connectivity index is 1.40. The van der Waals surface area contributed by atoms with E-state index in [1.54, 1.807) is 18.2 Å². The highest BCUT2D eigenvalue weighted by atomic mass is 35.5. The predicted octanol–water partition coefficient (Wildman–Crippen LogP) is 3.36. The lowest BCUT2D eigenvalue weighted by Crippen LogP contribution is -2.40. The van der Waals surface area contributed by atoms with Crippen LogP contribution in [-0.4, -0.2) is 59.9 Å². The third-order valence-electron chi connectivity index (χ3n) is 6.31. The maximum Gasteiger partial charge on any atom is 0.265 e. The molecule has 0 unspecified atom stereocenters. The minimum atomic E-state index is -4.02. The Morgan fingerprint density at radius 1 is 0.865 bits per heavy atom. The van der Waals surface area contributed by atoms with E-state index in [1.165, 1.54) is 45.0 Å². The molecule has 9 nitrogen and oxygen atoms in total. The molecule has 2 aliphatic rings. The van der Waals surface area contributed by atoms with E-state index in [0.717, 1.165) is 5.56 Å². The molecule has 0 spiro atoms. The highest BCUT2D eigenvalue weighted by Gasteiger charge is 2.33. The molecule has 0 atom stereocenters. The van der Waals surface area contributed by atoms with Gasteiger partial charge in [0.1, 0.15) is 4.90 Å². The first-order chi connectivity index (χ1) is 17.7. The quantitative estimate of drug-likeness (QED) is 0.494. The van der Waals surface area contributed by atoms with Gasteiger partial charge in [-0.2, -0.15) is 4.31 Å². The molecule has 3 aromatic rings. The van der Waals surface area contributed by atoms with Crippen molar-refractivity contribution in [2.45, 2.75) is 16.2 Å². The lowest BCUT2D eigenvalue weighted by molar-refractivity contribution is 0.0730. The van der Waals surface area contributed by atoms with E-state index in [0.29, 0.717) is 25.3 Å². The second kappa shape index (κ2) is 10.1. The largest absolute Gasteiger partial charge is 0.379 e. The molecule has 0 aromatic heterocycles. The van der Waals surface area contributed by atoms with Crippen molar-refractivity contribution in [2.24, 2.45) is 0 Å². The van der Waals surface area contributed by atoms with Gasteiger partial charge in [-0.05, 0) is 54.4 Å². The SMILES string of the molecule is O=C(Nc1cccc(S(=O)(=O)N2CCOCC2)c1)c1ccc(Cl)c(S(=O)(=O)N2CCc3ccccc32)c1. The Labute approximate surface area is 220 Å². The van der Waals surface area contributed by atoms with Crippen LogP contribution in [0.5, 0.6) is 0 Å². The molecule has 0 bridgehead atoms. The molecule has 1 N–H and O–H groups in total. The van der Waals surface area contributed by atoms with E-state index in [9.17, 15) is 21.6 Å². The summed E-state index contributed by atoms with van der Waals surface area (Å²) in [5.41, 5.74) is 1.83. The van der Waals surface area contributed by atoms with Gasteiger partial charge in [-0.25, -0.2) is 16.8 Å². The Morgan fingerprint density at radius 3 is 2.41 bits per heavy atom. The average Bonchev–Trinajstić information content (AvgIpc) is 3.35. The summed E-state index contributed by atoms with van der Waals surface area (Å²) in [6.45, 7) is 1.42. The van der Waals surface area contributed by atoms with Crippen molar-refractivity contribution >= 4 is 48.9 Å². The van der Waals surface area contributed by atoms with Gasteiger partial charge < -0.3 is 10.1 Å². The molecule has 5 rings (SSSR count). The minimum absolute atomic E-state index is 0.000432. The van der Waals surface area contributed by atoms with Crippen LogP contribution in [0.4, 0.5) is 11.4 Å². The zero-order valence-corrected chi connectivity index (χ0v) is 22.0. The normalized spacial score (nSPS) is 16.4. The fourth-order valence-corrected chi connectivity index (χ4v) is 7.85. The number of nitrogens with zero attached hydrogens (tertiary/aromatic N) is 2. The molecule has 2 aliphatic heterocycles. The molecule has 0 saturated carbocycles. The average molecular weight is 562 g/mol. The number of fused-ring (bicyclic) bond motifs is 1. The number of para-hydroxylation sites is 1. The number of hydrogen-bond donors (Lipinski definition) is 1. The summed E-state index contributed by atoms with van der Waals surface area (Å²) < 4.78 is 60.8. The van der Waals surface area contributed by atoms with Crippen LogP contribution in [-0.2, 0) is 31.2 Å². The van der Waals surface area contributed by atoms with Crippen LogP contribution in [0, 0.1) is 0 Å². The summed E-state index contributed by atoms with van der Waals surface area (Å²) in [7, 11) is -7.77. The summed E-state index contributed by atoms with van der Waals surface area (Å²) >= 11 is 6.28. The Morgan fingerprint density at radius 2 is 1.62 bits per heavy atom. The van der Waals surface area contributed by atoms with Crippen LogP contribution in [0.15, 0.2) is 76.5 Å². The van der Waals surface area contributed by atoms with Gasteiger partial charge in [0, 0.05) is 30.9 Å². The van der Waals surface area contributed by atoms with Crippen LogP contribution < -0.4 is 9.62 Å². The minimum Gasteiger partial charge on any atom is -0.379 e. The Kier molecular flexibility index (Phi) is 6.99. The highest BCUT2D eigenvalue weighted by Crippen LogP contribution is 2.35. The number of rotatable bonds is 6. The van der Waals surface area contributed by atoms with Gasteiger partial charge >= 0.3 is 0 Å². The third kappa shape index (κ3) is 4.97. The van der Waals surface area contributed by atoms with Crippen LogP contribution in [0.2, 0.25) is 5.02 Å². The maximum absolute atomic E-state index is 13.5. The van der Waals surface area contributed by atoms with Crippen molar-refractivity contribution in [1.82, 2.24) is 4.31 Å². The number of amides is 1. The molecule has 1 fully saturated rings. The van der Waals surface area contributed by atoms with E-state index in [2.05, 4.69) is 5.32 Å². The zero-order valence-electron chi connectivity index (χ0n) is 19.6. The van der Waals surface area contributed by atoms with Gasteiger partial charge in [0.25, 0.3) is 15.9 Å². The van der Waals surface area contributed by atoms with Crippen molar-refractivity contribution in [3.05, 3.63) is 82.9 Å². The summed E-state index contributed by atoms with van der Waals surface area (Å²) in [5.74, 6) is -0.601. The first kappa shape index (κ1) is 25.7. The second-order valence-corrected chi connectivity index (χ2v) is 12.8. The first-order valence-electron chi connectivity index (χ1n) is 11.6. The molecule has 194 valence electrons. The predicted molar refractivity (Wildman–Crippen MR) is 140 cm³/mol. The van der Waals surface area contributed by atoms with Gasteiger partial charge in [-0.1, -0.05) is 35.9 Å². The molecule has 0 radical (unpaired) electrons. The molecule has 37 heavy (non-hydrogen) atoms. The second-order valence-electron chi connectivity index (χ2n) is 8.60. The van der Waals surface area contributed by atoms with Gasteiger partial charge in [-0.3, -0.25) is 9.10 Å². The molecule has 2 heterocycles. The van der Waals surface area contributed by atoms with Crippen molar-refractivity contribution < 1.29 is 26.4 Å². The number of sulfonamides is 2. The van der Waals surface area contributed by atoms with Crippen LogP contribution in [0.3, 0.4) is 0 Å². The Bertz CT molecular complexity index is 1570. The molecule has 1 amide bonds. The number of benzene rings is 3. The summed E-state index contributed by atoms with van der Waals surface area (Å²) in [4.78, 5) is 12.9. The summed E-state index contributed by atoms with van der Waals surface area (Å²) in [6, 6.07) is 17.2. The number of anilines is 2. The molecule has 12 heteroatoms. The van der Waals surface area contributed by atoms with Crippen molar-refractivity contribution in [3.63, 3.8) is 0 Å². The Hall–Kier alpha value is -2.96. The monoisotopic (exact) mass is 561 g/mol. The summed E-state index contributed by atoms with van der Waals surface area (Å²) in [6.07, 6.45) is 0.580. The third-order valence-corrected chi connectivity index (χ3v) is 10.5. The van der Waals surface area contributed by atoms with E-state index >= 15 is 0 Å². The number of nitrogens with one attached hydrogen (secondary N) is 1. The van der Waals surface area contributed by atoms with E-state index in [1.807, 2.05) is 12.1 Å². The fourth-order valence-electron chi connectivity index (χ4n) is 4.39. The smallest absolute Gasteiger partial charge is 0.265 e. The zero-order chi connectivity index (χ0) is 26.2. The standard InChI is InChI=1S/C25H24ClN3O6S2/c26-22-9-8-19(16-24(22)37(33,34)29-11-10-18-4-1-2-7-23(18)29)25(30)27-20-5-3-6-21(17-20)36(31,32)28-12-14-35-15-13-28/h1-9,16-17H,10-15H2,(H,27,30). The topological polar surface area (TPSA) is 113 Å². The molecule has 3 aromatic carbocycles. The van der Waals surface area contributed by atoms with Gasteiger partial charge in [-0.15, -0.1) is 0 Å². The molecular formula is C25H24ClN3O6S2. The van der Waals surface area contributed by atoms with E-state index < -0.39 is 26.0 Å². The van der Waals surface area contributed by atoms with Crippen molar-refractivity contribution in [2.75, 3.05) is 42.5 Å². The van der Waals surface area contributed by atoms with Crippen LogP contribution in [0.25, 0.3) is 0 Å². The first-order valence-corrected chi connectivity index (χ1v) is 14.8. The number of halogens is 1. The van der Waals surface area contributed by atoms with Gasteiger partial charge in [0.2, 0.25) is 10.0 Å². The number of morpholine rings is 1. The molecular weight excluding hydrogens is 538 g/mol. The maximum atomic E-state index is 13.5. The molecule has 0 aliphatic carbocycles. The number of carbonyl (C=O) groups is 1. The fraction of sp³-hybridized carbons (Fsp3) is 0.240. The number of carbonyl (C=O) groups excluding carboxylic acids is 1. The highest BCUT2D eigenvalue weighted by molar-refractivity contribution is 7.93. The van der Waals surface area contributed by atoms with E-state index in [-0.39, 0.29) is 45.7 Å². The van der Waals surface area contributed by atoms with Gasteiger partial charge in [0.15, 0.2) is 0 Å².